The Morgan fingerprint density at radius 3 is 2.74 bits per heavy atom. The van der Waals surface area contributed by atoms with Crippen LogP contribution in [-0.4, -0.2) is 62.0 Å². The number of hydrogen-bond acceptors (Lipinski definition) is 7. The first-order chi connectivity index (χ1) is 22.7. The SMILES string of the molecule is C=CC(=O)N1CCn2nc(-c3nc(-c4ccc5c(c4)[nH]c(=O)n5C)c4ccsc4c3-c3c(F)cc(F)cc3OCCOC)cc2C1C. The highest BCUT2D eigenvalue weighted by molar-refractivity contribution is 7.18. The molecule has 5 heterocycles. The number of rotatable bonds is 8. The van der Waals surface area contributed by atoms with E-state index in [1.807, 2.05) is 47.3 Å². The lowest BCUT2D eigenvalue weighted by atomic mass is 9.96. The summed E-state index contributed by atoms with van der Waals surface area (Å²) in [5.41, 5.74) is 4.50. The van der Waals surface area contributed by atoms with Gasteiger partial charge >= 0.3 is 5.69 Å². The van der Waals surface area contributed by atoms with Crippen LogP contribution in [0.15, 0.2) is 65.3 Å². The second-order valence-corrected chi connectivity index (χ2v) is 12.2. The molecule has 0 bridgehead atoms. The maximum Gasteiger partial charge on any atom is 0.326 e. The van der Waals surface area contributed by atoms with Gasteiger partial charge in [0.1, 0.15) is 35.4 Å². The number of aromatic amines is 1. The van der Waals surface area contributed by atoms with Gasteiger partial charge in [0.25, 0.3) is 0 Å². The van der Waals surface area contributed by atoms with Crippen LogP contribution in [0.2, 0.25) is 0 Å². The van der Waals surface area contributed by atoms with Crippen LogP contribution in [0.5, 0.6) is 5.75 Å². The van der Waals surface area contributed by atoms with Crippen LogP contribution < -0.4 is 10.4 Å². The van der Waals surface area contributed by atoms with Gasteiger partial charge in [0.2, 0.25) is 5.91 Å². The molecule has 47 heavy (non-hydrogen) atoms. The quantitative estimate of drug-likeness (QED) is 0.158. The zero-order chi connectivity index (χ0) is 33.0. The lowest BCUT2D eigenvalue weighted by Crippen LogP contribution is -2.40. The van der Waals surface area contributed by atoms with Crippen molar-refractivity contribution in [3.05, 3.63) is 88.3 Å². The maximum absolute atomic E-state index is 16.1. The molecule has 0 aliphatic carbocycles. The Kier molecular flexibility index (Phi) is 7.73. The molecule has 10 nitrogen and oxygen atoms in total. The minimum atomic E-state index is -0.814. The number of aryl methyl sites for hydroxylation is 1. The van der Waals surface area contributed by atoms with Gasteiger partial charge in [0.05, 0.1) is 47.2 Å². The lowest BCUT2D eigenvalue weighted by Gasteiger charge is -2.33. The Balaban J connectivity index is 1.51. The average molecular weight is 657 g/mol. The van der Waals surface area contributed by atoms with Crippen LogP contribution in [0.4, 0.5) is 8.78 Å². The van der Waals surface area contributed by atoms with Gasteiger partial charge in [0, 0.05) is 54.0 Å². The highest BCUT2D eigenvalue weighted by Gasteiger charge is 2.31. The van der Waals surface area contributed by atoms with Crippen molar-refractivity contribution in [1.29, 1.82) is 0 Å². The smallest absolute Gasteiger partial charge is 0.326 e. The van der Waals surface area contributed by atoms with Crippen molar-refractivity contribution in [3.8, 4) is 39.5 Å². The van der Waals surface area contributed by atoms with Gasteiger partial charge in [-0.3, -0.25) is 14.0 Å². The summed E-state index contributed by atoms with van der Waals surface area (Å²) in [5, 5.41) is 7.53. The summed E-state index contributed by atoms with van der Waals surface area (Å²) in [6, 6.07) is 11.0. The fraction of sp³-hybridized carbons (Fsp3) is 0.235. The molecule has 1 N–H and O–H groups in total. The van der Waals surface area contributed by atoms with E-state index in [-0.39, 0.29) is 42.2 Å². The van der Waals surface area contributed by atoms with Gasteiger partial charge in [-0.15, -0.1) is 11.3 Å². The molecule has 0 radical (unpaired) electrons. The van der Waals surface area contributed by atoms with Gasteiger partial charge in [0.15, 0.2) is 0 Å². The second-order valence-electron chi connectivity index (χ2n) is 11.3. The third kappa shape index (κ3) is 5.11. The molecule has 0 spiro atoms. The molecule has 0 saturated heterocycles. The molecule has 7 rings (SSSR count). The van der Waals surface area contributed by atoms with Gasteiger partial charge in [-0.1, -0.05) is 12.6 Å². The van der Waals surface area contributed by atoms with Gasteiger partial charge in [-0.05, 0) is 42.6 Å². The van der Waals surface area contributed by atoms with Gasteiger partial charge < -0.3 is 19.4 Å². The third-order valence-corrected chi connectivity index (χ3v) is 9.49. The average Bonchev–Trinajstić information content (AvgIpc) is 3.78. The van der Waals surface area contributed by atoms with Crippen molar-refractivity contribution in [1.82, 2.24) is 29.2 Å². The standard InChI is InChI=1S/C34H30F2N6O4S/c1-5-28(43)41-9-10-42-26(18(41)2)17-24(39-42)32-30(29-22(36)15-20(35)16-27(29)46-12-11-45-4)33-21(8-13-47-33)31(38-32)19-6-7-25-23(14-19)37-34(44)40(25)3/h5-8,13-18H,1,9-12H2,2-4H3,(H,37,44). The van der Waals surface area contributed by atoms with E-state index in [4.69, 9.17) is 19.6 Å². The van der Waals surface area contributed by atoms with Crippen molar-refractivity contribution in [2.45, 2.75) is 19.5 Å². The third-order valence-electron chi connectivity index (χ3n) is 8.56. The second kappa shape index (κ2) is 11.9. The van der Waals surface area contributed by atoms with E-state index >= 15 is 4.39 Å². The molecule has 1 aliphatic rings. The number of imidazole rings is 1. The van der Waals surface area contributed by atoms with Gasteiger partial charge in [-0.2, -0.15) is 5.10 Å². The van der Waals surface area contributed by atoms with Crippen molar-refractivity contribution in [3.63, 3.8) is 0 Å². The number of fused-ring (bicyclic) bond motifs is 3. The minimum Gasteiger partial charge on any atom is -0.490 e. The first-order valence-corrected chi connectivity index (χ1v) is 15.8. The topological polar surface area (TPSA) is 107 Å². The molecule has 1 unspecified atom stereocenters. The Morgan fingerprint density at radius 2 is 1.96 bits per heavy atom. The lowest BCUT2D eigenvalue weighted by molar-refractivity contribution is -0.129. The number of benzene rings is 2. The molecule has 13 heteroatoms. The summed E-state index contributed by atoms with van der Waals surface area (Å²) in [6.07, 6.45) is 1.29. The summed E-state index contributed by atoms with van der Waals surface area (Å²) in [6.45, 7) is 6.71. The number of ether oxygens (including phenoxy) is 2. The summed E-state index contributed by atoms with van der Waals surface area (Å²) < 4.78 is 45.8. The van der Waals surface area contributed by atoms with Crippen LogP contribution in [0.1, 0.15) is 18.7 Å². The number of methoxy groups -OCH3 is 1. The van der Waals surface area contributed by atoms with Gasteiger partial charge in [-0.25, -0.2) is 18.6 Å². The van der Waals surface area contributed by atoms with Crippen LogP contribution >= 0.6 is 11.3 Å². The molecule has 240 valence electrons. The number of nitrogens with zero attached hydrogens (tertiary/aromatic N) is 5. The molecule has 0 fully saturated rings. The molecule has 1 atom stereocenters. The largest absolute Gasteiger partial charge is 0.490 e. The molecule has 0 saturated carbocycles. The van der Waals surface area contributed by atoms with Crippen LogP contribution in [0.25, 0.3) is 54.9 Å². The highest BCUT2D eigenvalue weighted by Crippen LogP contribution is 2.47. The molecule has 6 aromatic rings. The fourth-order valence-electron chi connectivity index (χ4n) is 6.22. The summed E-state index contributed by atoms with van der Waals surface area (Å²) in [4.78, 5) is 34.7. The van der Waals surface area contributed by atoms with E-state index in [9.17, 15) is 14.0 Å². The number of carbonyl (C=O) groups excluding carboxylic acids is 1. The first-order valence-electron chi connectivity index (χ1n) is 14.9. The minimum absolute atomic E-state index is 0.00780. The van der Waals surface area contributed by atoms with Crippen LogP contribution in [0, 0.1) is 11.6 Å². The van der Waals surface area contributed by atoms with Crippen molar-refractivity contribution in [2.24, 2.45) is 7.05 Å². The Hall–Kier alpha value is -5.14. The maximum atomic E-state index is 16.1. The number of amides is 1. The normalized spacial score (nSPS) is 14.6. The Labute approximate surface area is 271 Å². The van der Waals surface area contributed by atoms with E-state index in [0.717, 1.165) is 34.3 Å². The zero-order valence-electron chi connectivity index (χ0n) is 25.8. The van der Waals surface area contributed by atoms with Crippen LogP contribution in [0.3, 0.4) is 0 Å². The van der Waals surface area contributed by atoms with E-state index in [1.165, 1.54) is 29.1 Å². The Bertz CT molecular complexity index is 2270. The molecule has 4 aromatic heterocycles. The predicted octanol–water partition coefficient (Wildman–Crippen LogP) is 6.07. The summed E-state index contributed by atoms with van der Waals surface area (Å²) in [7, 11) is 3.21. The molecular weight excluding hydrogens is 626 g/mol. The molecule has 1 aliphatic heterocycles. The molecule has 1 amide bonds. The predicted molar refractivity (Wildman–Crippen MR) is 176 cm³/mol. The number of carbonyl (C=O) groups is 1. The van der Waals surface area contributed by atoms with E-state index < -0.39 is 11.6 Å². The number of halogens is 2. The number of nitrogens with one attached hydrogen (secondary N) is 1. The monoisotopic (exact) mass is 656 g/mol. The number of H-pyrrole nitrogens is 1. The fourth-order valence-corrected chi connectivity index (χ4v) is 7.17. The number of thiophene rings is 1. The summed E-state index contributed by atoms with van der Waals surface area (Å²) >= 11 is 1.39. The molecular formula is C34H30F2N6O4S. The highest BCUT2D eigenvalue weighted by atomic mass is 32.1. The van der Waals surface area contributed by atoms with E-state index in [0.29, 0.717) is 46.0 Å². The number of hydrogen-bond donors (Lipinski definition) is 1. The summed E-state index contributed by atoms with van der Waals surface area (Å²) in [5.74, 6) is -1.77. The first kappa shape index (κ1) is 30.5. The van der Waals surface area contributed by atoms with Crippen molar-refractivity contribution < 1.29 is 23.0 Å². The zero-order valence-corrected chi connectivity index (χ0v) is 26.7. The number of aromatic nitrogens is 5. The Morgan fingerprint density at radius 1 is 1.13 bits per heavy atom. The van der Waals surface area contributed by atoms with Crippen molar-refractivity contribution in [2.75, 3.05) is 26.9 Å². The van der Waals surface area contributed by atoms with Crippen molar-refractivity contribution >= 4 is 38.4 Å². The van der Waals surface area contributed by atoms with E-state index in [2.05, 4.69) is 11.6 Å². The van der Waals surface area contributed by atoms with Crippen LogP contribution in [-0.2, 0) is 23.1 Å². The molecule has 2 aromatic carbocycles. The number of pyridine rings is 1. The van der Waals surface area contributed by atoms with E-state index in [1.54, 1.807) is 11.9 Å².